The molecule has 4 N–H and O–H groups in total. The Hall–Kier alpha value is -2.44. The molecule has 0 bridgehead atoms. The van der Waals surface area contributed by atoms with Crippen LogP contribution in [0.4, 0.5) is 0 Å². The number of hydroxylamine groups is 2. The largest absolute Gasteiger partial charge is 0.288 e. The van der Waals surface area contributed by atoms with E-state index in [1.165, 1.54) is 35.3 Å². The van der Waals surface area contributed by atoms with E-state index in [1.54, 1.807) is 24.3 Å². The Labute approximate surface area is 103 Å². The zero-order valence-electron chi connectivity index (χ0n) is 9.33. The summed E-state index contributed by atoms with van der Waals surface area (Å²) in [5.74, 6) is -1.22. The van der Waals surface area contributed by atoms with Gasteiger partial charge in [0.15, 0.2) is 0 Å². The van der Waals surface area contributed by atoms with E-state index < -0.39 is 11.8 Å². The van der Waals surface area contributed by atoms with Crippen molar-refractivity contribution in [2.75, 3.05) is 0 Å². The Morgan fingerprint density at radius 2 is 1.17 bits per heavy atom. The van der Waals surface area contributed by atoms with E-state index in [0.717, 1.165) is 11.1 Å². The van der Waals surface area contributed by atoms with E-state index in [9.17, 15) is 9.59 Å². The van der Waals surface area contributed by atoms with Gasteiger partial charge in [0.05, 0.1) is 0 Å². The van der Waals surface area contributed by atoms with Crippen LogP contribution in [0.3, 0.4) is 0 Å². The van der Waals surface area contributed by atoms with E-state index in [-0.39, 0.29) is 0 Å². The van der Waals surface area contributed by atoms with Crippen molar-refractivity contribution in [3.8, 4) is 0 Å². The molecule has 0 aliphatic rings. The molecule has 0 saturated carbocycles. The predicted molar refractivity (Wildman–Crippen MR) is 64.4 cm³/mol. The number of benzene rings is 1. The molecular weight excluding hydrogens is 236 g/mol. The lowest BCUT2D eigenvalue weighted by molar-refractivity contribution is -0.124. The summed E-state index contributed by atoms with van der Waals surface area (Å²) in [5.41, 5.74) is 4.49. The molecule has 18 heavy (non-hydrogen) atoms. The lowest BCUT2D eigenvalue weighted by Gasteiger charge is -1.96. The number of hydrogen-bond acceptors (Lipinski definition) is 4. The van der Waals surface area contributed by atoms with Gasteiger partial charge in [-0.15, -0.1) is 0 Å². The van der Waals surface area contributed by atoms with Gasteiger partial charge in [-0.05, 0) is 23.3 Å². The van der Waals surface area contributed by atoms with E-state index in [0.29, 0.717) is 0 Å². The van der Waals surface area contributed by atoms with Crippen LogP contribution in [0.1, 0.15) is 11.1 Å². The van der Waals surface area contributed by atoms with Crippen LogP contribution in [0, 0.1) is 0 Å². The molecular formula is C12H12N2O4. The molecule has 0 fully saturated rings. The minimum atomic E-state index is -0.612. The van der Waals surface area contributed by atoms with Crippen LogP contribution in [0.2, 0.25) is 0 Å². The monoisotopic (exact) mass is 248 g/mol. The number of hydrogen-bond donors (Lipinski definition) is 4. The fraction of sp³-hybridized carbons (Fsp3) is 0. The van der Waals surface area contributed by atoms with E-state index in [4.69, 9.17) is 10.4 Å². The summed E-state index contributed by atoms with van der Waals surface area (Å²) in [6.45, 7) is 0. The Bertz CT molecular complexity index is 432. The molecule has 1 aromatic carbocycles. The summed E-state index contributed by atoms with van der Waals surface area (Å²) in [6.07, 6.45) is 5.42. The van der Waals surface area contributed by atoms with Crippen LogP contribution in [-0.2, 0) is 9.59 Å². The van der Waals surface area contributed by atoms with Gasteiger partial charge in [-0.2, -0.15) is 0 Å². The first-order valence-corrected chi connectivity index (χ1v) is 5.00. The molecule has 2 amide bonds. The number of carbonyl (C=O) groups excluding carboxylic acids is 2. The maximum absolute atomic E-state index is 10.7. The summed E-state index contributed by atoms with van der Waals surface area (Å²) in [7, 11) is 0. The van der Waals surface area contributed by atoms with Crippen molar-refractivity contribution in [2.24, 2.45) is 0 Å². The topological polar surface area (TPSA) is 98.7 Å². The molecule has 0 saturated heterocycles. The fourth-order valence-electron chi connectivity index (χ4n) is 1.14. The molecule has 0 spiro atoms. The van der Waals surface area contributed by atoms with Crippen molar-refractivity contribution in [1.82, 2.24) is 11.0 Å². The molecule has 0 aliphatic carbocycles. The highest BCUT2D eigenvalue weighted by Crippen LogP contribution is 2.07. The first-order chi connectivity index (χ1) is 8.65. The van der Waals surface area contributed by atoms with Gasteiger partial charge in [0.25, 0.3) is 11.8 Å². The Morgan fingerprint density at radius 1 is 0.833 bits per heavy atom. The van der Waals surface area contributed by atoms with E-state index >= 15 is 0 Å². The van der Waals surface area contributed by atoms with Crippen molar-refractivity contribution in [3.63, 3.8) is 0 Å². The van der Waals surface area contributed by atoms with Crippen LogP contribution in [0.5, 0.6) is 0 Å². The average molecular weight is 248 g/mol. The molecule has 0 aromatic heterocycles. The second-order valence-electron chi connectivity index (χ2n) is 3.29. The van der Waals surface area contributed by atoms with Gasteiger partial charge in [0, 0.05) is 12.2 Å². The number of amides is 2. The van der Waals surface area contributed by atoms with Gasteiger partial charge in [-0.3, -0.25) is 20.0 Å². The zero-order valence-corrected chi connectivity index (χ0v) is 9.33. The summed E-state index contributed by atoms with van der Waals surface area (Å²) in [5, 5.41) is 16.6. The lowest BCUT2D eigenvalue weighted by Crippen LogP contribution is -2.14. The summed E-state index contributed by atoms with van der Waals surface area (Å²) < 4.78 is 0. The first kappa shape index (κ1) is 13.6. The molecule has 1 aromatic rings. The second kappa shape index (κ2) is 7.00. The van der Waals surface area contributed by atoms with Gasteiger partial charge in [-0.25, -0.2) is 11.0 Å². The molecule has 0 atom stereocenters. The smallest absolute Gasteiger partial charge is 0.267 e. The molecule has 6 nitrogen and oxygen atoms in total. The third-order valence-corrected chi connectivity index (χ3v) is 2.01. The van der Waals surface area contributed by atoms with Crippen LogP contribution in [0.25, 0.3) is 12.2 Å². The third-order valence-electron chi connectivity index (χ3n) is 2.01. The SMILES string of the molecule is O=C(/C=C/c1ccc(/C=C/C(=O)NO)cc1)NO. The fourth-order valence-corrected chi connectivity index (χ4v) is 1.14. The number of carbonyl (C=O) groups is 2. The van der Waals surface area contributed by atoms with Crippen LogP contribution in [0.15, 0.2) is 36.4 Å². The highest BCUT2D eigenvalue weighted by atomic mass is 16.5. The Kier molecular flexibility index (Phi) is 5.30. The maximum atomic E-state index is 10.7. The predicted octanol–water partition coefficient (Wildman–Crippen LogP) is 0.724. The summed E-state index contributed by atoms with van der Waals surface area (Å²) >= 11 is 0. The van der Waals surface area contributed by atoms with Gasteiger partial charge >= 0.3 is 0 Å². The quantitative estimate of drug-likeness (QED) is 0.358. The third kappa shape index (κ3) is 4.60. The van der Waals surface area contributed by atoms with Gasteiger partial charge in [-0.1, -0.05) is 24.3 Å². The lowest BCUT2D eigenvalue weighted by atomic mass is 10.1. The van der Waals surface area contributed by atoms with E-state index in [2.05, 4.69) is 0 Å². The minimum absolute atomic E-state index is 0.612. The van der Waals surface area contributed by atoms with Crippen LogP contribution >= 0.6 is 0 Å². The normalized spacial score (nSPS) is 10.8. The molecule has 1 rings (SSSR count). The number of nitrogens with one attached hydrogen (secondary N) is 2. The Morgan fingerprint density at radius 3 is 1.44 bits per heavy atom. The molecule has 94 valence electrons. The highest BCUT2D eigenvalue weighted by molar-refractivity contribution is 5.91. The minimum Gasteiger partial charge on any atom is -0.288 e. The molecule has 0 aliphatic heterocycles. The number of rotatable bonds is 4. The van der Waals surface area contributed by atoms with Crippen molar-refractivity contribution in [3.05, 3.63) is 47.5 Å². The summed E-state index contributed by atoms with van der Waals surface area (Å²) in [6, 6.07) is 6.94. The summed E-state index contributed by atoms with van der Waals surface area (Å²) in [4.78, 5) is 21.5. The van der Waals surface area contributed by atoms with Crippen LogP contribution < -0.4 is 11.0 Å². The molecule has 0 heterocycles. The van der Waals surface area contributed by atoms with Crippen molar-refractivity contribution in [1.29, 1.82) is 0 Å². The van der Waals surface area contributed by atoms with Gasteiger partial charge < -0.3 is 0 Å². The van der Waals surface area contributed by atoms with Crippen molar-refractivity contribution < 1.29 is 20.0 Å². The maximum Gasteiger partial charge on any atom is 0.267 e. The van der Waals surface area contributed by atoms with Crippen molar-refractivity contribution in [2.45, 2.75) is 0 Å². The van der Waals surface area contributed by atoms with Gasteiger partial charge in [0.2, 0.25) is 0 Å². The van der Waals surface area contributed by atoms with Crippen LogP contribution in [-0.4, -0.2) is 22.2 Å². The first-order valence-electron chi connectivity index (χ1n) is 5.00. The van der Waals surface area contributed by atoms with Gasteiger partial charge in [0.1, 0.15) is 0 Å². The highest BCUT2D eigenvalue weighted by Gasteiger charge is 1.93. The molecule has 0 radical (unpaired) electrons. The van der Waals surface area contributed by atoms with E-state index in [1.807, 2.05) is 0 Å². The zero-order chi connectivity index (χ0) is 13.4. The molecule has 0 unspecified atom stereocenters. The Balaban J connectivity index is 2.68. The molecule has 6 heteroatoms. The van der Waals surface area contributed by atoms with Crippen molar-refractivity contribution >= 4 is 24.0 Å². The standard InChI is InChI=1S/C12H12N2O4/c15-11(13-17)7-5-9-1-2-10(4-3-9)6-8-12(16)14-18/h1-8,17-18H,(H,13,15)(H,14,16)/b7-5+,8-6+. The second-order valence-corrected chi connectivity index (χ2v) is 3.29. The average Bonchev–Trinajstić information content (AvgIpc) is 2.43.